The van der Waals surface area contributed by atoms with Crippen molar-refractivity contribution in [3.05, 3.63) is 147 Å². The summed E-state index contributed by atoms with van der Waals surface area (Å²) in [5, 5.41) is 12.8. The molecular formula is C49H50Cl2N4O10S2. The van der Waals surface area contributed by atoms with E-state index in [-0.39, 0.29) is 68.5 Å². The molecule has 67 heavy (non-hydrogen) atoms. The summed E-state index contributed by atoms with van der Waals surface area (Å²) in [6.45, 7) is 4.03. The number of ether oxygens (including phenoxy) is 4. The van der Waals surface area contributed by atoms with Crippen LogP contribution in [-0.4, -0.2) is 96.3 Å². The van der Waals surface area contributed by atoms with E-state index in [2.05, 4.69) is 22.1 Å². The van der Waals surface area contributed by atoms with Gasteiger partial charge >= 0.3 is 18.0 Å². The normalized spacial score (nSPS) is 19.8. The second-order valence-corrected chi connectivity index (χ2v) is 20.9. The predicted molar refractivity (Wildman–Crippen MR) is 254 cm³/mol. The van der Waals surface area contributed by atoms with Crippen LogP contribution >= 0.6 is 35.0 Å². The number of phenols is 1. The van der Waals surface area contributed by atoms with Crippen molar-refractivity contribution in [1.82, 2.24) is 19.5 Å². The van der Waals surface area contributed by atoms with Crippen LogP contribution in [0, 0.1) is 11.8 Å². The van der Waals surface area contributed by atoms with E-state index in [1.165, 1.54) is 42.7 Å². The second kappa shape index (κ2) is 21.3. The average molecular weight is 990 g/mol. The molecule has 2 saturated heterocycles. The first-order valence-corrected chi connectivity index (χ1v) is 25.2. The van der Waals surface area contributed by atoms with E-state index in [0.717, 1.165) is 47.4 Å². The van der Waals surface area contributed by atoms with E-state index in [1.807, 2.05) is 37.4 Å². The summed E-state index contributed by atoms with van der Waals surface area (Å²) in [6.07, 6.45) is 3.94. The standard InChI is InChI=1S/C49H50Cl2N4O10S2/c1-30-18-19-54(2)28-44(30)65-49(59)53-45(32-8-4-3-5-9-32)34-10-6-12-36(22-34)63-47(57)35-11-7-13-37(23-35)67(60,61)55-20-21-66-46(55)48(58)64-42(25-38-39(50)26-52-27-40(38)51)33-16-17-41(56)43(24-33)62-29-31-14-15-31/h3-13,16-17,22-24,26-27,30-31,42,44-46,56H,14-15,18-21,25,28-29H2,1-2H3,(H,53,59)/t30?,42-,44-,45?,46-/m0/s1. The maximum atomic E-state index is 14.4. The molecule has 5 aromatic rings. The number of likely N-dealkylation sites (tertiary alicyclic amines) is 1. The summed E-state index contributed by atoms with van der Waals surface area (Å²) < 4.78 is 53.5. The number of piperidine rings is 1. The van der Waals surface area contributed by atoms with Gasteiger partial charge < -0.3 is 34.3 Å². The molecule has 5 atom stereocenters. The van der Waals surface area contributed by atoms with Crippen LogP contribution in [0.4, 0.5) is 4.79 Å². The second-order valence-electron chi connectivity index (χ2n) is 17.0. The fourth-order valence-corrected chi connectivity index (χ4v) is 11.6. The number of thioether (sulfide) groups is 1. The zero-order valence-corrected chi connectivity index (χ0v) is 39.9. The summed E-state index contributed by atoms with van der Waals surface area (Å²) >= 11 is 14.1. The molecule has 0 bridgehead atoms. The number of likely N-dealkylation sites (N-methyl/N-ethyl adjacent to an activating group) is 1. The zero-order valence-electron chi connectivity index (χ0n) is 36.8. The number of hydrogen-bond donors (Lipinski definition) is 2. The lowest BCUT2D eigenvalue weighted by Gasteiger charge is -2.34. The molecule has 2 unspecified atom stereocenters. The minimum absolute atomic E-state index is 0.00367. The number of sulfonamides is 1. The Morgan fingerprint density at radius 2 is 1.64 bits per heavy atom. The number of alkyl carbamates (subject to hydrolysis) is 1. The van der Waals surface area contributed by atoms with Crippen LogP contribution in [0.2, 0.25) is 10.0 Å². The summed E-state index contributed by atoms with van der Waals surface area (Å²) in [7, 11) is -2.39. The zero-order chi connectivity index (χ0) is 47.2. The Morgan fingerprint density at radius 1 is 0.896 bits per heavy atom. The van der Waals surface area contributed by atoms with E-state index in [4.69, 9.17) is 42.1 Å². The third kappa shape index (κ3) is 11.9. The van der Waals surface area contributed by atoms with E-state index >= 15 is 0 Å². The van der Waals surface area contributed by atoms with Crippen molar-refractivity contribution in [2.75, 3.05) is 39.0 Å². The molecule has 3 heterocycles. The van der Waals surface area contributed by atoms with Crippen molar-refractivity contribution in [3.8, 4) is 17.2 Å². The van der Waals surface area contributed by atoms with Gasteiger partial charge in [-0.05, 0) is 109 Å². The number of esters is 2. The van der Waals surface area contributed by atoms with Crippen LogP contribution in [0.5, 0.6) is 17.2 Å². The number of rotatable bonds is 16. The van der Waals surface area contributed by atoms with E-state index in [0.29, 0.717) is 35.8 Å². The van der Waals surface area contributed by atoms with Gasteiger partial charge in [0.15, 0.2) is 16.9 Å². The van der Waals surface area contributed by atoms with E-state index in [1.54, 1.807) is 36.4 Å². The molecular weight excluding hydrogens is 940 g/mol. The molecule has 18 heteroatoms. The first kappa shape index (κ1) is 48.1. The number of halogens is 2. The van der Waals surface area contributed by atoms with Gasteiger partial charge in [0.1, 0.15) is 18.0 Å². The van der Waals surface area contributed by atoms with Gasteiger partial charge in [0.2, 0.25) is 10.0 Å². The topological polar surface area (TPSA) is 174 Å². The molecule has 1 aromatic heterocycles. The summed E-state index contributed by atoms with van der Waals surface area (Å²) in [5.74, 6) is -0.487. The monoisotopic (exact) mass is 988 g/mol. The molecule has 0 radical (unpaired) electrons. The van der Waals surface area contributed by atoms with E-state index in [9.17, 15) is 27.9 Å². The number of aromatic hydroxyl groups is 1. The molecule has 2 aliphatic heterocycles. The minimum Gasteiger partial charge on any atom is -0.504 e. The van der Waals surface area contributed by atoms with Gasteiger partial charge in [-0.2, -0.15) is 4.31 Å². The van der Waals surface area contributed by atoms with Crippen LogP contribution in [0.1, 0.15) is 70.9 Å². The highest BCUT2D eigenvalue weighted by Gasteiger charge is 2.42. The molecule has 8 rings (SSSR count). The first-order chi connectivity index (χ1) is 32.2. The van der Waals surface area contributed by atoms with Crippen molar-refractivity contribution in [2.24, 2.45) is 11.8 Å². The Morgan fingerprint density at radius 3 is 2.40 bits per heavy atom. The van der Waals surface area contributed by atoms with Crippen molar-refractivity contribution in [2.45, 2.75) is 61.1 Å². The highest BCUT2D eigenvalue weighted by Crippen LogP contribution is 2.39. The van der Waals surface area contributed by atoms with Crippen molar-refractivity contribution in [3.63, 3.8) is 0 Å². The molecule has 3 aliphatic rings. The molecule has 3 fully saturated rings. The third-order valence-corrected chi connectivity index (χ3v) is 15.8. The van der Waals surface area contributed by atoms with Gasteiger partial charge in [-0.25, -0.2) is 22.8 Å². The number of hydrogen-bond acceptors (Lipinski definition) is 13. The minimum atomic E-state index is -4.39. The number of carbonyl (C=O) groups excluding carboxylic acids is 3. The third-order valence-electron chi connectivity index (χ3n) is 12.0. The number of nitrogens with zero attached hydrogens (tertiary/aromatic N) is 3. The number of nitrogens with one attached hydrogen (secondary N) is 1. The summed E-state index contributed by atoms with van der Waals surface area (Å²) in [4.78, 5) is 47.2. The lowest BCUT2D eigenvalue weighted by atomic mass is 9.96. The Hall–Kier alpha value is -5.36. The highest BCUT2D eigenvalue weighted by molar-refractivity contribution is 8.02. The van der Waals surface area contributed by atoms with Crippen LogP contribution in [0.3, 0.4) is 0 Å². The summed E-state index contributed by atoms with van der Waals surface area (Å²) in [5.41, 5.74) is 2.25. The average Bonchev–Trinajstić information content (AvgIpc) is 4.01. The van der Waals surface area contributed by atoms with Gasteiger partial charge in [-0.15, -0.1) is 11.8 Å². The lowest BCUT2D eigenvalue weighted by molar-refractivity contribution is -0.150. The Balaban J connectivity index is 0.980. The SMILES string of the molecule is CC1CCN(C)C[C@@H]1OC(=O)NC(c1ccccc1)c1cccc(OC(=O)c2cccc(S(=O)(=O)N3CCS[C@H]3C(=O)O[C@@H](Cc3c(Cl)cncc3Cl)c3ccc(O)c(OCC4CC4)c3)c2)c1. The van der Waals surface area contributed by atoms with Crippen LogP contribution in [0.25, 0.3) is 0 Å². The van der Waals surface area contributed by atoms with Gasteiger partial charge in [0.25, 0.3) is 0 Å². The largest absolute Gasteiger partial charge is 0.504 e. The molecule has 1 saturated carbocycles. The highest BCUT2D eigenvalue weighted by atomic mass is 35.5. The van der Waals surface area contributed by atoms with Crippen LogP contribution in [-0.2, 0) is 30.7 Å². The number of carbonyl (C=O) groups is 3. The predicted octanol–water partition coefficient (Wildman–Crippen LogP) is 8.85. The number of aromatic nitrogens is 1. The Labute approximate surface area is 403 Å². The number of benzene rings is 4. The lowest BCUT2D eigenvalue weighted by Crippen LogP contribution is -2.45. The van der Waals surface area contributed by atoms with Crippen molar-refractivity contribution < 1.29 is 46.9 Å². The van der Waals surface area contributed by atoms with Gasteiger partial charge in [0, 0.05) is 37.7 Å². The van der Waals surface area contributed by atoms with Crippen molar-refractivity contribution in [1.29, 1.82) is 0 Å². The molecule has 14 nitrogen and oxygen atoms in total. The number of phenolic OH excluding ortho intramolecular Hbond substituents is 1. The Bertz CT molecular complexity index is 2690. The molecule has 1 aliphatic carbocycles. The van der Waals surface area contributed by atoms with Gasteiger partial charge in [-0.1, -0.05) is 84.7 Å². The molecule has 352 valence electrons. The van der Waals surface area contributed by atoms with E-state index < -0.39 is 45.6 Å². The quantitative estimate of drug-likeness (QED) is 0.0710. The maximum absolute atomic E-state index is 14.4. The molecule has 1 amide bonds. The smallest absolute Gasteiger partial charge is 0.408 e. The van der Waals surface area contributed by atoms with Gasteiger partial charge in [-0.3, -0.25) is 4.98 Å². The molecule has 0 spiro atoms. The number of pyridine rings is 1. The Kier molecular flexibility index (Phi) is 15.3. The first-order valence-electron chi connectivity index (χ1n) is 21.9. The molecule has 2 N–H and O–H groups in total. The summed E-state index contributed by atoms with van der Waals surface area (Å²) in [6, 6.07) is 25.4. The number of amides is 1. The van der Waals surface area contributed by atoms with Crippen LogP contribution < -0.4 is 14.8 Å². The fourth-order valence-electron chi connectivity index (χ4n) is 7.95. The molecule has 4 aromatic carbocycles. The maximum Gasteiger partial charge on any atom is 0.408 e. The van der Waals surface area contributed by atoms with Gasteiger partial charge in [0.05, 0.1) is 33.2 Å². The van der Waals surface area contributed by atoms with Crippen LogP contribution in [0.15, 0.2) is 114 Å². The van der Waals surface area contributed by atoms with Crippen molar-refractivity contribution >= 4 is 63.0 Å². The fraction of sp³-hybridized carbons (Fsp3) is 0.347.